The van der Waals surface area contributed by atoms with Crippen LogP contribution >= 0.6 is 0 Å². The maximum atomic E-state index is 9.52. The molecule has 16 heavy (non-hydrogen) atoms. The first-order chi connectivity index (χ1) is 7.77. The second-order valence-corrected chi connectivity index (χ2v) is 4.49. The third-order valence-corrected chi connectivity index (χ3v) is 3.30. The van der Waals surface area contributed by atoms with Crippen molar-refractivity contribution in [2.75, 3.05) is 6.61 Å². The van der Waals surface area contributed by atoms with Gasteiger partial charge in [0.2, 0.25) is 0 Å². The minimum atomic E-state index is 0.0853. The van der Waals surface area contributed by atoms with Gasteiger partial charge in [0, 0.05) is 6.04 Å². The second-order valence-electron chi connectivity index (χ2n) is 4.49. The Morgan fingerprint density at radius 2 is 2.00 bits per heavy atom. The minimum absolute atomic E-state index is 0.0853. The lowest BCUT2D eigenvalue weighted by Gasteiger charge is -2.19. The molecule has 1 fully saturated rings. The van der Waals surface area contributed by atoms with E-state index in [0.29, 0.717) is 18.3 Å². The van der Waals surface area contributed by atoms with E-state index in [4.69, 9.17) is 10.5 Å². The number of para-hydroxylation sites is 2. The molecule has 3 nitrogen and oxygen atoms in total. The Morgan fingerprint density at radius 1 is 1.31 bits per heavy atom. The van der Waals surface area contributed by atoms with Gasteiger partial charge in [-0.1, -0.05) is 25.0 Å². The van der Waals surface area contributed by atoms with Gasteiger partial charge in [0.05, 0.1) is 0 Å². The summed E-state index contributed by atoms with van der Waals surface area (Å²) in [6, 6.07) is 7.09. The molecule has 1 saturated carbocycles. The van der Waals surface area contributed by atoms with Crippen LogP contribution in [0, 0.1) is 5.92 Å². The zero-order chi connectivity index (χ0) is 11.4. The molecule has 2 rings (SSSR count). The second kappa shape index (κ2) is 5.21. The molecule has 0 bridgehead atoms. The van der Waals surface area contributed by atoms with Crippen molar-refractivity contribution < 1.29 is 9.84 Å². The Morgan fingerprint density at radius 3 is 2.69 bits per heavy atom. The van der Waals surface area contributed by atoms with E-state index in [-0.39, 0.29) is 11.8 Å². The summed E-state index contributed by atoms with van der Waals surface area (Å²) in [6.07, 6.45) is 5.00. The highest BCUT2D eigenvalue weighted by atomic mass is 16.5. The van der Waals surface area contributed by atoms with Gasteiger partial charge in [-0.2, -0.15) is 0 Å². The third kappa shape index (κ3) is 2.67. The predicted octanol–water partition coefficient (Wildman–Crippen LogP) is 2.29. The number of nitrogens with two attached hydrogens (primary N) is 1. The number of hydrogen-bond acceptors (Lipinski definition) is 3. The summed E-state index contributed by atoms with van der Waals surface area (Å²) in [4.78, 5) is 0. The summed E-state index contributed by atoms with van der Waals surface area (Å²) < 4.78 is 5.54. The fourth-order valence-corrected chi connectivity index (χ4v) is 2.29. The van der Waals surface area contributed by atoms with Crippen molar-refractivity contribution in [3.63, 3.8) is 0 Å². The molecular formula is C13H19NO2. The number of phenolic OH excluding ortho intramolecular Hbond substituents is 1. The summed E-state index contributed by atoms with van der Waals surface area (Å²) in [5.41, 5.74) is 6.07. The van der Waals surface area contributed by atoms with Crippen LogP contribution in [0.15, 0.2) is 24.3 Å². The van der Waals surface area contributed by atoms with Crippen molar-refractivity contribution in [3.8, 4) is 11.5 Å². The lowest BCUT2D eigenvalue weighted by atomic mass is 10.00. The van der Waals surface area contributed by atoms with E-state index in [1.54, 1.807) is 18.2 Å². The van der Waals surface area contributed by atoms with Crippen LogP contribution in [0.3, 0.4) is 0 Å². The quantitative estimate of drug-likeness (QED) is 0.820. The van der Waals surface area contributed by atoms with Gasteiger partial charge in [-0.05, 0) is 30.9 Å². The molecule has 0 spiro atoms. The normalized spacial score (nSPS) is 18.6. The van der Waals surface area contributed by atoms with E-state index >= 15 is 0 Å². The summed E-state index contributed by atoms with van der Waals surface area (Å²) in [7, 11) is 0. The minimum Gasteiger partial charge on any atom is -0.504 e. The average molecular weight is 221 g/mol. The highest BCUT2D eigenvalue weighted by Gasteiger charge is 2.22. The molecular weight excluding hydrogens is 202 g/mol. The van der Waals surface area contributed by atoms with Crippen LogP contribution in [0.25, 0.3) is 0 Å². The SMILES string of the molecule is NC(COc1ccccc1O)C1CCCC1. The van der Waals surface area contributed by atoms with Crippen LogP contribution < -0.4 is 10.5 Å². The zero-order valence-corrected chi connectivity index (χ0v) is 9.43. The van der Waals surface area contributed by atoms with Crippen LogP contribution in [-0.4, -0.2) is 17.8 Å². The predicted molar refractivity (Wildman–Crippen MR) is 63.5 cm³/mol. The molecule has 0 aliphatic heterocycles. The Hall–Kier alpha value is -1.22. The van der Waals surface area contributed by atoms with Crippen molar-refractivity contribution in [3.05, 3.63) is 24.3 Å². The highest BCUT2D eigenvalue weighted by Crippen LogP contribution is 2.28. The smallest absolute Gasteiger partial charge is 0.160 e. The molecule has 1 aliphatic carbocycles. The fourth-order valence-electron chi connectivity index (χ4n) is 2.29. The molecule has 0 heterocycles. The first kappa shape index (κ1) is 11.3. The highest BCUT2D eigenvalue weighted by molar-refractivity contribution is 5.37. The van der Waals surface area contributed by atoms with Crippen LogP contribution in [0.5, 0.6) is 11.5 Å². The molecule has 0 radical (unpaired) electrons. The van der Waals surface area contributed by atoms with Gasteiger partial charge in [0.1, 0.15) is 6.61 Å². The molecule has 0 amide bonds. The molecule has 1 unspecified atom stereocenters. The number of aromatic hydroxyl groups is 1. The topological polar surface area (TPSA) is 55.5 Å². The maximum absolute atomic E-state index is 9.52. The summed E-state index contributed by atoms with van der Waals surface area (Å²) in [6.45, 7) is 0.488. The van der Waals surface area contributed by atoms with Crippen molar-refractivity contribution in [1.29, 1.82) is 0 Å². The molecule has 1 aliphatic rings. The number of benzene rings is 1. The van der Waals surface area contributed by atoms with Gasteiger partial charge >= 0.3 is 0 Å². The van der Waals surface area contributed by atoms with Crippen molar-refractivity contribution in [2.45, 2.75) is 31.7 Å². The van der Waals surface area contributed by atoms with Crippen LogP contribution in [0.2, 0.25) is 0 Å². The van der Waals surface area contributed by atoms with Gasteiger partial charge in [-0.3, -0.25) is 0 Å². The summed E-state index contributed by atoms with van der Waals surface area (Å²) in [5, 5.41) is 9.52. The fraction of sp³-hybridized carbons (Fsp3) is 0.538. The Bertz CT molecular complexity index is 334. The number of hydrogen-bond donors (Lipinski definition) is 2. The maximum Gasteiger partial charge on any atom is 0.160 e. The first-order valence-electron chi connectivity index (χ1n) is 5.94. The monoisotopic (exact) mass is 221 g/mol. The molecule has 0 aromatic heterocycles. The van der Waals surface area contributed by atoms with E-state index in [0.717, 1.165) is 0 Å². The zero-order valence-electron chi connectivity index (χ0n) is 9.43. The van der Waals surface area contributed by atoms with Gasteiger partial charge in [0.25, 0.3) is 0 Å². The number of rotatable bonds is 4. The lowest BCUT2D eigenvalue weighted by molar-refractivity contribution is 0.239. The van der Waals surface area contributed by atoms with E-state index < -0.39 is 0 Å². The van der Waals surface area contributed by atoms with E-state index in [2.05, 4.69) is 0 Å². The molecule has 88 valence electrons. The van der Waals surface area contributed by atoms with Gasteiger partial charge < -0.3 is 15.6 Å². The van der Waals surface area contributed by atoms with Gasteiger partial charge in [-0.15, -0.1) is 0 Å². The molecule has 0 saturated heterocycles. The van der Waals surface area contributed by atoms with Gasteiger partial charge in [-0.25, -0.2) is 0 Å². The Labute approximate surface area is 96.2 Å². The largest absolute Gasteiger partial charge is 0.504 e. The van der Waals surface area contributed by atoms with Crippen LogP contribution in [-0.2, 0) is 0 Å². The number of ether oxygens (including phenoxy) is 1. The first-order valence-corrected chi connectivity index (χ1v) is 5.94. The summed E-state index contributed by atoms with van der Waals surface area (Å²) in [5.74, 6) is 1.29. The third-order valence-electron chi connectivity index (χ3n) is 3.30. The molecule has 3 N–H and O–H groups in total. The molecule has 3 heteroatoms. The lowest BCUT2D eigenvalue weighted by Crippen LogP contribution is -2.34. The number of phenols is 1. The average Bonchev–Trinajstić information content (AvgIpc) is 2.81. The molecule has 1 aromatic rings. The van der Waals surface area contributed by atoms with E-state index in [9.17, 15) is 5.11 Å². The Balaban J connectivity index is 1.84. The van der Waals surface area contributed by atoms with Crippen molar-refractivity contribution in [2.24, 2.45) is 11.7 Å². The van der Waals surface area contributed by atoms with Gasteiger partial charge in [0.15, 0.2) is 11.5 Å². The van der Waals surface area contributed by atoms with Crippen LogP contribution in [0.4, 0.5) is 0 Å². The van der Waals surface area contributed by atoms with Crippen molar-refractivity contribution in [1.82, 2.24) is 0 Å². The van der Waals surface area contributed by atoms with E-state index in [1.165, 1.54) is 25.7 Å². The van der Waals surface area contributed by atoms with Crippen molar-refractivity contribution >= 4 is 0 Å². The van der Waals surface area contributed by atoms with Crippen LogP contribution in [0.1, 0.15) is 25.7 Å². The molecule has 1 atom stereocenters. The summed E-state index contributed by atoms with van der Waals surface area (Å²) >= 11 is 0. The Kier molecular flexibility index (Phi) is 3.67. The van der Waals surface area contributed by atoms with E-state index in [1.807, 2.05) is 6.07 Å². The standard InChI is InChI=1S/C13H19NO2/c14-11(10-5-1-2-6-10)9-16-13-8-4-3-7-12(13)15/h3-4,7-8,10-11,15H,1-2,5-6,9,14H2. The molecule has 1 aromatic carbocycles.